The maximum absolute atomic E-state index is 14.6. The molecule has 3 aromatic heterocycles. The number of benzene rings is 1. The van der Waals surface area contributed by atoms with E-state index in [9.17, 15) is 9.18 Å². The maximum Gasteiger partial charge on any atom is 0.276 e. The lowest BCUT2D eigenvalue weighted by Gasteiger charge is -2.17. The first-order valence-electron chi connectivity index (χ1n) is 12.0. The van der Waals surface area contributed by atoms with E-state index in [0.29, 0.717) is 28.6 Å². The predicted octanol–water partition coefficient (Wildman–Crippen LogP) is 4.14. The highest BCUT2D eigenvalue weighted by molar-refractivity contribution is 5.82. The van der Waals surface area contributed by atoms with E-state index in [2.05, 4.69) is 64.0 Å². The Bertz CT molecular complexity index is 1510. The molecule has 36 heavy (non-hydrogen) atoms. The van der Waals surface area contributed by atoms with Crippen LogP contribution >= 0.6 is 0 Å². The van der Waals surface area contributed by atoms with Gasteiger partial charge in [0, 0.05) is 36.3 Å². The van der Waals surface area contributed by atoms with E-state index >= 15 is 0 Å². The molecule has 0 aliphatic heterocycles. The van der Waals surface area contributed by atoms with E-state index in [1.54, 1.807) is 23.0 Å². The lowest BCUT2D eigenvalue weighted by Crippen LogP contribution is -2.27. The van der Waals surface area contributed by atoms with E-state index in [1.807, 2.05) is 6.07 Å². The Kier molecular flexibility index (Phi) is 5.96. The van der Waals surface area contributed by atoms with Crippen LogP contribution in [0.15, 0.2) is 60.2 Å². The molecule has 0 saturated heterocycles. The number of alkyl halides is 1. The molecule has 4 aromatic rings. The van der Waals surface area contributed by atoms with Crippen LogP contribution in [0.1, 0.15) is 30.8 Å². The molecule has 1 N–H and O–H groups in total. The largest absolute Gasteiger partial charge is 0.340 e. The van der Waals surface area contributed by atoms with Crippen molar-refractivity contribution in [2.24, 2.45) is 0 Å². The molecule has 9 heteroatoms. The topological polar surface area (TPSA) is 80.9 Å². The number of fused-ring (bicyclic) bond motifs is 2. The summed E-state index contributed by atoms with van der Waals surface area (Å²) in [5.74, 6) is 1.03. The zero-order chi connectivity index (χ0) is 25.6. The van der Waals surface area contributed by atoms with Crippen molar-refractivity contribution in [2.45, 2.75) is 44.9 Å². The Hall–Kier alpha value is -3.85. The Morgan fingerprint density at radius 3 is 2.69 bits per heavy atom. The van der Waals surface area contributed by atoms with Gasteiger partial charge in [-0.15, -0.1) is 6.58 Å². The third-order valence-corrected chi connectivity index (χ3v) is 6.63. The van der Waals surface area contributed by atoms with Gasteiger partial charge in [-0.05, 0) is 64.0 Å². The number of rotatable bonds is 7. The molecule has 186 valence electrons. The number of nitrogens with one attached hydrogen (secondary N) is 1. The van der Waals surface area contributed by atoms with Crippen LogP contribution in [0.3, 0.4) is 0 Å². The monoisotopic (exact) mass is 487 g/mol. The zero-order valence-corrected chi connectivity index (χ0v) is 21.0. The number of likely N-dealkylation sites (N-methyl/N-ethyl adjacent to an activating group) is 1. The Balaban J connectivity index is 1.57. The second-order valence-corrected chi connectivity index (χ2v) is 9.92. The third kappa shape index (κ3) is 4.30. The average Bonchev–Trinajstić information content (AvgIpc) is 3.38. The molecule has 5 rings (SSSR count). The van der Waals surface area contributed by atoms with Crippen LogP contribution in [0, 0.1) is 0 Å². The fraction of sp³-hybridized carbons (Fsp3) is 0.333. The van der Waals surface area contributed by atoms with Crippen LogP contribution < -0.4 is 10.9 Å². The molecule has 0 radical (unpaired) electrons. The number of aromatic nitrogens is 5. The summed E-state index contributed by atoms with van der Waals surface area (Å²) in [4.78, 5) is 28.5. The molecule has 1 unspecified atom stereocenters. The van der Waals surface area contributed by atoms with E-state index in [4.69, 9.17) is 0 Å². The predicted molar refractivity (Wildman–Crippen MR) is 140 cm³/mol. The number of allylic oxidation sites excluding steroid dienone is 1. The number of nitrogens with zero attached hydrogens (tertiary/aromatic N) is 6. The molecule has 0 fully saturated rings. The van der Waals surface area contributed by atoms with Gasteiger partial charge in [-0.2, -0.15) is 0 Å². The first kappa shape index (κ1) is 23.9. The highest BCUT2D eigenvalue weighted by Crippen LogP contribution is 2.29. The van der Waals surface area contributed by atoms with Crippen molar-refractivity contribution in [3.63, 3.8) is 0 Å². The Morgan fingerprint density at radius 1 is 1.19 bits per heavy atom. The van der Waals surface area contributed by atoms with E-state index in [-0.39, 0.29) is 17.9 Å². The molecule has 0 saturated carbocycles. The van der Waals surface area contributed by atoms with Gasteiger partial charge in [0.2, 0.25) is 0 Å². The normalized spacial score (nSPS) is 15.4. The number of halogens is 1. The second kappa shape index (κ2) is 8.98. The minimum absolute atomic E-state index is 0.0426. The van der Waals surface area contributed by atoms with Crippen molar-refractivity contribution in [2.75, 3.05) is 19.4 Å². The minimum atomic E-state index is -1.73. The molecule has 1 aliphatic rings. The fourth-order valence-electron chi connectivity index (χ4n) is 4.69. The van der Waals surface area contributed by atoms with Gasteiger partial charge in [0.05, 0.1) is 17.4 Å². The molecule has 8 nitrogen and oxygen atoms in total. The Labute approximate surface area is 209 Å². The number of hydrogen-bond donors (Lipinski definition) is 1. The second-order valence-electron chi connectivity index (χ2n) is 9.92. The van der Waals surface area contributed by atoms with Gasteiger partial charge in [-0.25, -0.2) is 28.7 Å². The minimum Gasteiger partial charge on any atom is -0.340 e. The van der Waals surface area contributed by atoms with Crippen LogP contribution in [-0.2, 0) is 25.1 Å². The fourth-order valence-corrected chi connectivity index (χ4v) is 4.69. The summed E-state index contributed by atoms with van der Waals surface area (Å²) in [7, 11) is 4.23. The molecule has 3 heterocycles. The van der Waals surface area contributed by atoms with E-state index < -0.39 is 5.67 Å². The van der Waals surface area contributed by atoms with Crippen LogP contribution in [0.25, 0.3) is 16.7 Å². The third-order valence-electron chi connectivity index (χ3n) is 6.63. The van der Waals surface area contributed by atoms with E-state index in [1.165, 1.54) is 35.9 Å². The average molecular weight is 488 g/mol. The summed E-state index contributed by atoms with van der Waals surface area (Å²) in [5.41, 5.74) is 2.29. The lowest BCUT2D eigenvalue weighted by atomic mass is 10.1. The van der Waals surface area contributed by atoms with Crippen molar-refractivity contribution in [3.8, 4) is 5.82 Å². The molecular weight excluding hydrogens is 457 g/mol. The van der Waals surface area contributed by atoms with Gasteiger partial charge in [-0.3, -0.25) is 4.79 Å². The number of anilines is 2. The first-order valence-corrected chi connectivity index (χ1v) is 12.0. The standard InChI is InChI=1S/C27H30FN7O/c1-6-11-34-25(36)21-16-30-23(31-19-8-7-17-13-20(33(4)5)14-18(17)12-19)15-22(21)35(34)24-9-10-29-26(32-24)27(2,3)28/h6-10,12,15-16,20H,1,11,13-14H2,2-5H3,(H,30,31). The molecule has 1 aromatic carbocycles. The van der Waals surface area contributed by atoms with Gasteiger partial charge < -0.3 is 10.2 Å². The van der Waals surface area contributed by atoms with Crippen molar-refractivity contribution in [1.29, 1.82) is 0 Å². The summed E-state index contributed by atoms with van der Waals surface area (Å²) in [5, 5.41) is 3.82. The van der Waals surface area contributed by atoms with Gasteiger partial charge in [-0.1, -0.05) is 12.1 Å². The maximum atomic E-state index is 14.6. The summed E-state index contributed by atoms with van der Waals surface area (Å²) >= 11 is 0. The van der Waals surface area contributed by atoms with Crippen molar-refractivity contribution >= 4 is 22.4 Å². The zero-order valence-electron chi connectivity index (χ0n) is 21.0. The molecule has 1 aliphatic carbocycles. The van der Waals surface area contributed by atoms with Crippen LogP contribution in [0.5, 0.6) is 0 Å². The molecule has 1 atom stereocenters. The molecule has 0 amide bonds. The van der Waals surface area contributed by atoms with Crippen molar-refractivity contribution in [1.82, 2.24) is 29.2 Å². The van der Waals surface area contributed by atoms with Gasteiger partial charge >= 0.3 is 0 Å². The van der Waals surface area contributed by atoms with Crippen LogP contribution in [0.4, 0.5) is 15.9 Å². The summed E-state index contributed by atoms with van der Waals surface area (Å²) in [6, 6.07) is 10.4. The highest BCUT2D eigenvalue weighted by Gasteiger charge is 2.25. The molecule has 0 spiro atoms. The highest BCUT2D eigenvalue weighted by atomic mass is 19.1. The number of hydrogen-bond acceptors (Lipinski definition) is 6. The summed E-state index contributed by atoms with van der Waals surface area (Å²) in [6.07, 6.45) is 6.75. The SMILES string of the molecule is C=CCn1c(=O)c2cnc(Nc3ccc4c(c3)CC(N(C)C)C4)cc2n1-c1ccnc(C(C)(C)F)n1. The van der Waals surface area contributed by atoms with Gasteiger partial charge in [0.25, 0.3) is 5.56 Å². The number of pyridine rings is 1. The summed E-state index contributed by atoms with van der Waals surface area (Å²) < 4.78 is 17.8. The Morgan fingerprint density at radius 2 is 1.97 bits per heavy atom. The van der Waals surface area contributed by atoms with Crippen LogP contribution in [-0.4, -0.2) is 49.4 Å². The van der Waals surface area contributed by atoms with E-state index in [0.717, 1.165) is 18.5 Å². The first-order chi connectivity index (χ1) is 17.2. The quantitative estimate of drug-likeness (QED) is 0.395. The van der Waals surface area contributed by atoms with Crippen molar-refractivity contribution < 1.29 is 4.39 Å². The molecule has 0 bridgehead atoms. The lowest BCUT2D eigenvalue weighted by molar-refractivity contribution is 0.206. The van der Waals surface area contributed by atoms with Crippen LogP contribution in [0.2, 0.25) is 0 Å². The van der Waals surface area contributed by atoms with Crippen molar-refractivity contribution in [3.05, 3.63) is 82.7 Å². The summed E-state index contributed by atoms with van der Waals surface area (Å²) in [6.45, 7) is 6.84. The molecular formula is C27H30FN7O. The van der Waals surface area contributed by atoms with Gasteiger partial charge in [0.15, 0.2) is 17.3 Å². The smallest absolute Gasteiger partial charge is 0.276 e. The van der Waals surface area contributed by atoms with Gasteiger partial charge in [0.1, 0.15) is 5.82 Å².